The molecule has 1 aromatic carbocycles. The minimum Gasteiger partial charge on any atom is -0.480 e. The molecular weight excluding hydrogens is 232 g/mol. The molecule has 2 N–H and O–H groups in total. The van der Waals surface area contributed by atoms with Crippen LogP contribution in [-0.4, -0.2) is 19.2 Å². The van der Waals surface area contributed by atoms with Crippen LogP contribution in [0.4, 0.5) is 5.69 Å². The maximum Gasteiger partial charge on any atom is 0.344 e. The second-order valence-electron chi connectivity index (χ2n) is 3.66. The Morgan fingerprint density at radius 3 is 2.83 bits per heavy atom. The molecule has 5 nitrogen and oxygen atoms in total. The van der Waals surface area contributed by atoms with Crippen molar-refractivity contribution < 1.29 is 14.3 Å². The van der Waals surface area contributed by atoms with E-state index in [0.717, 1.165) is 6.42 Å². The van der Waals surface area contributed by atoms with Gasteiger partial charge in [0.2, 0.25) is 0 Å². The van der Waals surface area contributed by atoms with E-state index in [-0.39, 0.29) is 6.61 Å². The molecule has 0 aromatic heterocycles. The van der Waals surface area contributed by atoms with Crippen molar-refractivity contribution in [2.45, 2.75) is 19.3 Å². The van der Waals surface area contributed by atoms with Crippen LogP contribution in [0, 0.1) is 11.3 Å². The third kappa shape index (κ3) is 5.21. The second kappa shape index (κ2) is 7.96. The van der Waals surface area contributed by atoms with Gasteiger partial charge >= 0.3 is 5.97 Å². The number of nitriles is 1. The molecule has 18 heavy (non-hydrogen) atoms. The molecule has 96 valence electrons. The summed E-state index contributed by atoms with van der Waals surface area (Å²) in [5, 5.41) is 8.32. The van der Waals surface area contributed by atoms with E-state index in [4.69, 9.17) is 20.5 Å². The first kappa shape index (κ1) is 13.8. The van der Waals surface area contributed by atoms with Crippen LogP contribution in [0.2, 0.25) is 0 Å². The molecule has 0 amide bonds. The largest absolute Gasteiger partial charge is 0.480 e. The van der Waals surface area contributed by atoms with E-state index in [1.54, 1.807) is 24.3 Å². The fourth-order valence-corrected chi connectivity index (χ4v) is 1.28. The molecule has 0 saturated heterocycles. The van der Waals surface area contributed by atoms with Gasteiger partial charge in [0.25, 0.3) is 0 Å². The Hall–Kier alpha value is -2.22. The predicted molar refractivity (Wildman–Crippen MR) is 66.8 cm³/mol. The average molecular weight is 248 g/mol. The summed E-state index contributed by atoms with van der Waals surface area (Å²) < 4.78 is 10.2. The quantitative estimate of drug-likeness (QED) is 0.452. The summed E-state index contributed by atoms with van der Waals surface area (Å²) in [7, 11) is 0. The molecule has 0 fully saturated rings. The highest BCUT2D eigenvalue weighted by Crippen LogP contribution is 2.19. The summed E-state index contributed by atoms with van der Waals surface area (Å²) in [5.41, 5.74) is 6.14. The number of carbonyl (C=O) groups is 1. The van der Waals surface area contributed by atoms with Gasteiger partial charge in [0.1, 0.15) is 5.75 Å². The predicted octanol–water partition coefficient (Wildman–Crippen LogP) is 1.88. The summed E-state index contributed by atoms with van der Waals surface area (Å²) in [6.45, 7) is 0.153. The second-order valence-corrected chi connectivity index (χ2v) is 3.66. The van der Waals surface area contributed by atoms with Gasteiger partial charge < -0.3 is 15.2 Å². The third-order valence-electron chi connectivity index (χ3n) is 2.21. The molecule has 1 aromatic rings. The van der Waals surface area contributed by atoms with Gasteiger partial charge in [0.15, 0.2) is 6.61 Å². The topological polar surface area (TPSA) is 85.3 Å². The van der Waals surface area contributed by atoms with E-state index >= 15 is 0 Å². The minimum atomic E-state index is -0.435. The smallest absolute Gasteiger partial charge is 0.344 e. The highest BCUT2D eigenvalue weighted by atomic mass is 16.6. The van der Waals surface area contributed by atoms with Gasteiger partial charge in [0, 0.05) is 6.42 Å². The summed E-state index contributed by atoms with van der Waals surface area (Å²) in [6, 6.07) is 8.98. The van der Waals surface area contributed by atoms with Crippen LogP contribution in [0.3, 0.4) is 0 Å². The van der Waals surface area contributed by atoms with Gasteiger partial charge in [-0.2, -0.15) is 5.26 Å². The number of ether oxygens (including phenoxy) is 2. The van der Waals surface area contributed by atoms with E-state index in [0.29, 0.717) is 30.9 Å². The number of benzene rings is 1. The first-order valence-corrected chi connectivity index (χ1v) is 5.74. The fraction of sp³-hybridized carbons (Fsp3) is 0.385. The first-order valence-electron chi connectivity index (χ1n) is 5.74. The van der Waals surface area contributed by atoms with Gasteiger partial charge in [0.05, 0.1) is 18.4 Å². The van der Waals surface area contributed by atoms with Gasteiger partial charge in [-0.3, -0.25) is 0 Å². The van der Waals surface area contributed by atoms with Crippen molar-refractivity contribution in [1.29, 1.82) is 5.26 Å². The molecule has 1 rings (SSSR count). The first-order chi connectivity index (χ1) is 8.74. The van der Waals surface area contributed by atoms with Crippen molar-refractivity contribution >= 4 is 11.7 Å². The van der Waals surface area contributed by atoms with Crippen molar-refractivity contribution in [3.8, 4) is 11.8 Å². The van der Waals surface area contributed by atoms with Crippen LogP contribution in [0.25, 0.3) is 0 Å². The SMILES string of the molecule is N#CCCCCOC(=O)COc1ccccc1N. The van der Waals surface area contributed by atoms with Gasteiger partial charge in [-0.1, -0.05) is 12.1 Å². The van der Waals surface area contributed by atoms with Crippen molar-refractivity contribution in [1.82, 2.24) is 0 Å². The highest BCUT2D eigenvalue weighted by Gasteiger charge is 2.05. The van der Waals surface area contributed by atoms with Crippen LogP contribution in [-0.2, 0) is 9.53 Å². The standard InChI is InChI=1S/C13H16N2O3/c14-8-4-1-5-9-17-13(16)10-18-12-7-3-2-6-11(12)15/h2-3,6-7H,1,4-5,9-10,15H2. The van der Waals surface area contributed by atoms with E-state index in [9.17, 15) is 4.79 Å². The number of esters is 1. The van der Waals surface area contributed by atoms with Crippen molar-refractivity contribution in [2.24, 2.45) is 0 Å². The van der Waals surface area contributed by atoms with Crippen LogP contribution >= 0.6 is 0 Å². The Morgan fingerprint density at radius 2 is 2.11 bits per heavy atom. The average Bonchev–Trinajstić information content (AvgIpc) is 2.37. The molecule has 0 atom stereocenters. The number of anilines is 1. The number of unbranched alkanes of at least 4 members (excludes halogenated alkanes) is 2. The van der Waals surface area contributed by atoms with Crippen molar-refractivity contribution in [3.05, 3.63) is 24.3 Å². The lowest BCUT2D eigenvalue weighted by Crippen LogP contribution is -2.16. The Kier molecular flexibility index (Phi) is 6.12. The van der Waals surface area contributed by atoms with Gasteiger partial charge in [-0.05, 0) is 25.0 Å². The monoisotopic (exact) mass is 248 g/mol. The van der Waals surface area contributed by atoms with Crippen molar-refractivity contribution in [2.75, 3.05) is 18.9 Å². The molecule has 0 aliphatic rings. The molecule has 0 bridgehead atoms. The molecule has 0 saturated carbocycles. The molecule has 0 aliphatic heterocycles. The Balaban J connectivity index is 2.18. The maximum absolute atomic E-state index is 11.3. The summed E-state index contributed by atoms with van der Waals surface area (Å²) >= 11 is 0. The number of rotatable bonds is 7. The zero-order valence-corrected chi connectivity index (χ0v) is 10.1. The van der Waals surface area contributed by atoms with Crippen molar-refractivity contribution in [3.63, 3.8) is 0 Å². The van der Waals surface area contributed by atoms with E-state index < -0.39 is 5.97 Å². The number of nitrogens with two attached hydrogens (primary N) is 1. The molecule has 5 heteroatoms. The number of para-hydroxylation sites is 2. The Bertz CT molecular complexity index is 426. The lowest BCUT2D eigenvalue weighted by molar-refractivity contribution is -0.146. The number of hydrogen-bond donors (Lipinski definition) is 1. The number of nitrogen functional groups attached to an aromatic ring is 1. The molecule has 0 heterocycles. The fourth-order valence-electron chi connectivity index (χ4n) is 1.28. The molecule has 0 aliphatic carbocycles. The van der Waals surface area contributed by atoms with Crippen LogP contribution in [0.15, 0.2) is 24.3 Å². The molecule has 0 unspecified atom stereocenters. The molecule has 0 spiro atoms. The third-order valence-corrected chi connectivity index (χ3v) is 2.21. The van der Waals surface area contributed by atoms with E-state index in [2.05, 4.69) is 0 Å². The summed E-state index contributed by atoms with van der Waals surface area (Å²) in [4.78, 5) is 11.3. The van der Waals surface area contributed by atoms with Crippen LogP contribution in [0.1, 0.15) is 19.3 Å². The Morgan fingerprint density at radius 1 is 1.33 bits per heavy atom. The number of nitrogens with zero attached hydrogens (tertiary/aromatic N) is 1. The Labute approximate surface area is 106 Å². The number of carbonyl (C=O) groups excluding carboxylic acids is 1. The van der Waals surface area contributed by atoms with Gasteiger partial charge in [-0.25, -0.2) is 4.79 Å². The van der Waals surface area contributed by atoms with Crippen LogP contribution < -0.4 is 10.5 Å². The lowest BCUT2D eigenvalue weighted by Gasteiger charge is -2.08. The maximum atomic E-state index is 11.3. The molecule has 0 radical (unpaired) electrons. The number of hydrogen-bond acceptors (Lipinski definition) is 5. The normalized spacial score (nSPS) is 9.50. The summed E-state index contributed by atoms with van der Waals surface area (Å²) in [6.07, 6.45) is 1.90. The van der Waals surface area contributed by atoms with E-state index in [1.807, 2.05) is 6.07 Å². The zero-order valence-electron chi connectivity index (χ0n) is 10.1. The lowest BCUT2D eigenvalue weighted by atomic mass is 10.3. The van der Waals surface area contributed by atoms with Gasteiger partial charge in [-0.15, -0.1) is 0 Å². The van der Waals surface area contributed by atoms with E-state index in [1.165, 1.54) is 0 Å². The van der Waals surface area contributed by atoms with Crippen LogP contribution in [0.5, 0.6) is 5.75 Å². The summed E-state index contributed by atoms with van der Waals surface area (Å²) in [5.74, 6) is 0.0362. The highest BCUT2D eigenvalue weighted by molar-refractivity contribution is 5.71. The zero-order chi connectivity index (χ0) is 13.2. The minimum absolute atomic E-state index is 0.160. The molecular formula is C13H16N2O3.